The van der Waals surface area contributed by atoms with Crippen molar-refractivity contribution in [2.24, 2.45) is 0 Å². The minimum atomic E-state index is -0.267. The zero-order valence-electron chi connectivity index (χ0n) is 12.4. The number of hydrogen-bond acceptors (Lipinski definition) is 3. The van der Waals surface area contributed by atoms with Crippen LogP contribution >= 0.6 is 0 Å². The Morgan fingerprint density at radius 2 is 1.59 bits per heavy atom. The van der Waals surface area contributed by atoms with Crippen LogP contribution in [0.5, 0.6) is 11.5 Å². The zero-order chi connectivity index (χ0) is 15.0. The van der Waals surface area contributed by atoms with Crippen molar-refractivity contribution in [1.29, 1.82) is 0 Å². The Labute approximate surface area is 130 Å². The maximum atomic E-state index is 10.3. The summed E-state index contributed by atoms with van der Waals surface area (Å²) in [6, 6.07) is 15.6. The van der Waals surface area contributed by atoms with Crippen molar-refractivity contribution >= 4 is 5.57 Å². The van der Waals surface area contributed by atoms with Gasteiger partial charge >= 0.3 is 0 Å². The maximum Gasteiger partial charge on any atom is 0.130 e. The Hall–Kier alpha value is -2.26. The van der Waals surface area contributed by atoms with Gasteiger partial charge in [0.25, 0.3) is 0 Å². The average molecular weight is 293 g/mol. The van der Waals surface area contributed by atoms with E-state index in [1.165, 1.54) is 0 Å². The van der Waals surface area contributed by atoms with Gasteiger partial charge in [0.1, 0.15) is 17.1 Å². The van der Waals surface area contributed by atoms with Gasteiger partial charge in [0.15, 0.2) is 0 Å². The summed E-state index contributed by atoms with van der Waals surface area (Å²) in [4.78, 5) is 0. The predicted molar refractivity (Wildman–Crippen MR) is 87.1 cm³/mol. The van der Waals surface area contributed by atoms with Gasteiger partial charge in [0.2, 0.25) is 0 Å². The number of hydrogen-bond donors (Lipinski definition) is 2. The van der Waals surface area contributed by atoms with E-state index in [0.29, 0.717) is 5.75 Å². The number of para-hydroxylation sites is 2. The van der Waals surface area contributed by atoms with Crippen molar-refractivity contribution < 1.29 is 9.84 Å². The fourth-order valence-corrected chi connectivity index (χ4v) is 3.39. The van der Waals surface area contributed by atoms with Crippen molar-refractivity contribution in [2.75, 3.05) is 13.1 Å². The normalized spacial score (nSPS) is 19.2. The summed E-state index contributed by atoms with van der Waals surface area (Å²) in [5.74, 6) is 1.22. The van der Waals surface area contributed by atoms with Crippen LogP contribution in [0.4, 0.5) is 0 Å². The van der Waals surface area contributed by atoms with Gasteiger partial charge in [-0.25, -0.2) is 0 Å². The lowest BCUT2D eigenvalue weighted by atomic mass is 9.83. The van der Waals surface area contributed by atoms with E-state index < -0.39 is 0 Å². The van der Waals surface area contributed by atoms with Gasteiger partial charge in [0.05, 0.1) is 0 Å². The number of rotatable bonds is 1. The van der Waals surface area contributed by atoms with E-state index in [0.717, 1.165) is 48.4 Å². The first-order valence-corrected chi connectivity index (χ1v) is 7.78. The third kappa shape index (κ3) is 2.18. The summed E-state index contributed by atoms with van der Waals surface area (Å²) in [5, 5.41) is 13.7. The molecule has 2 aromatic rings. The number of ether oxygens (including phenoxy) is 1. The fourth-order valence-electron chi connectivity index (χ4n) is 3.39. The van der Waals surface area contributed by atoms with E-state index in [4.69, 9.17) is 4.74 Å². The fraction of sp³-hybridized carbons (Fsp3) is 0.263. The summed E-state index contributed by atoms with van der Waals surface area (Å²) in [7, 11) is 0. The van der Waals surface area contributed by atoms with Crippen LogP contribution in [0.1, 0.15) is 24.0 Å². The Morgan fingerprint density at radius 3 is 2.36 bits per heavy atom. The lowest BCUT2D eigenvalue weighted by Crippen LogP contribution is -2.46. The summed E-state index contributed by atoms with van der Waals surface area (Å²) in [6.45, 7) is 1.90. The van der Waals surface area contributed by atoms with Gasteiger partial charge in [0, 0.05) is 24.0 Å². The highest BCUT2D eigenvalue weighted by atomic mass is 16.5. The van der Waals surface area contributed by atoms with Crippen LogP contribution < -0.4 is 10.1 Å². The molecule has 112 valence electrons. The molecule has 2 N–H and O–H groups in total. The minimum absolute atomic E-state index is 0.267. The molecule has 2 aromatic carbocycles. The van der Waals surface area contributed by atoms with E-state index in [1.807, 2.05) is 36.4 Å². The van der Waals surface area contributed by atoms with Crippen LogP contribution in [0.25, 0.3) is 5.57 Å². The highest BCUT2D eigenvalue weighted by Crippen LogP contribution is 2.44. The van der Waals surface area contributed by atoms with Gasteiger partial charge in [-0.3, -0.25) is 0 Å². The van der Waals surface area contributed by atoms with Crippen LogP contribution in [-0.2, 0) is 0 Å². The first-order valence-electron chi connectivity index (χ1n) is 7.78. The van der Waals surface area contributed by atoms with Crippen LogP contribution in [0.3, 0.4) is 0 Å². The quantitative estimate of drug-likeness (QED) is 0.847. The van der Waals surface area contributed by atoms with Crippen LogP contribution in [0, 0.1) is 0 Å². The van der Waals surface area contributed by atoms with Crippen LogP contribution in [-0.4, -0.2) is 23.8 Å². The summed E-state index contributed by atoms with van der Waals surface area (Å²) >= 11 is 0. The van der Waals surface area contributed by atoms with Crippen LogP contribution in [0.2, 0.25) is 0 Å². The molecule has 3 heteroatoms. The second-order valence-corrected chi connectivity index (χ2v) is 5.99. The Morgan fingerprint density at radius 1 is 0.909 bits per heavy atom. The lowest BCUT2D eigenvalue weighted by Gasteiger charge is -2.40. The van der Waals surface area contributed by atoms with Gasteiger partial charge < -0.3 is 15.2 Å². The number of fused-ring (bicyclic) bond motifs is 1. The predicted octanol–water partition coefficient (Wildman–Crippen LogP) is 3.34. The number of nitrogens with one attached hydrogen (secondary N) is 1. The molecule has 22 heavy (non-hydrogen) atoms. The molecule has 3 nitrogen and oxygen atoms in total. The Kier molecular flexibility index (Phi) is 3.16. The van der Waals surface area contributed by atoms with Crippen molar-refractivity contribution in [3.63, 3.8) is 0 Å². The lowest BCUT2D eigenvalue weighted by molar-refractivity contribution is 0.0817. The summed E-state index contributed by atoms with van der Waals surface area (Å²) < 4.78 is 6.35. The van der Waals surface area contributed by atoms with Crippen molar-refractivity contribution in [3.05, 3.63) is 65.7 Å². The number of aromatic hydroxyl groups is 1. The average Bonchev–Trinajstić information content (AvgIpc) is 2.55. The first-order chi connectivity index (χ1) is 10.8. The van der Waals surface area contributed by atoms with Gasteiger partial charge in [-0.2, -0.15) is 0 Å². The highest BCUT2D eigenvalue weighted by molar-refractivity contribution is 5.87. The topological polar surface area (TPSA) is 41.5 Å². The van der Waals surface area contributed by atoms with E-state index in [1.54, 1.807) is 6.07 Å². The Balaban J connectivity index is 1.90. The van der Waals surface area contributed by atoms with E-state index in [-0.39, 0.29) is 5.60 Å². The molecular formula is C19H19NO2. The first kappa shape index (κ1) is 13.4. The molecule has 0 atom stereocenters. The molecule has 0 amide bonds. The summed E-state index contributed by atoms with van der Waals surface area (Å²) in [5.41, 5.74) is 2.73. The number of phenolic OH excluding ortho intramolecular Hbond substituents is 1. The Bertz CT molecular complexity index is 730. The van der Waals surface area contributed by atoms with Crippen molar-refractivity contribution in [1.82, 2.24) is 5.32 Å². The van der Waals surface area contributed by atoms with E-state index in [9.17, 15) is 5.11 Å². The zero-order valence-corrected chi connectivity index (χ0v) is 12.4. The van der Waals surface area contributed by atoms with Crippen molar-refractivity contribution in [3.8, 4) is 11.5 Å². The molecule has 1 fully saturated rings. The monoisotopic (exact) mass is 293 g/mol. The maximum absolute atomic E-state index is 10.3. The SMILES string of the molecule is Oc1ccccc1C1=CC2(CCNCC2)Oc2ccccc21. The number of phenols is 1. The molecule has 4 rings (SSSR count). The second-order valence-electron chi connectivity index (χ2n) is 5.99. The third-order valence-corrected chi connectivity index (χ3v) is 4.54. The molecular weight excluding hydrogens is 274 g/mol. The third-order valence-electron chi connectivity index (χ3n) is 4.54. The standard InChI is InChI=1S/C19H19NO2/c21-17-7-3-1-5-14(17)16-13-19(9-11-20-12-10-19)22-18-8-4-2-6-15(16)18/h1-8,13,20-21H,9-12H2. The van der Waals surface area contributed by atoms with E-state index in [2.05, 4.69) is 17.5 Å². The largest absolute Gasteiger partial charge is 0.507 e. The molecule has 0 unspecified atom stereocenters. The molecule has 2 aliphatic heterocycles. The molecule has 1 spiro atoms. The van der Waals surface area contributed by atoms with Gasteiger partial charge in [-0.1, -0.05) is 36.4 Å². The molecule has 1 saturated heterocycles. The molecule has 0 saturated carbocycles. The second kappa shape index (κ2) is 5.18. The highest BCUT2D eigenvalue weighted by Gasteiger charge is 2.37. The van der Waals surface area contributed by atoms with Crippen LogP contribution in [0.15, 0.2) is 54.6 Å². The number of benzene rings is 2. The van der Waals surface area contributed by atoms with E-state index >= 15 is 0 Å². The molecule has 2 heterocycles. The summed E-state index contributed by atoms with van der Waals surface area (Å²) in [6.07, 6.45) is 4.10. The molecule has 0 radical (unpaired) electrons. The minimum Gasteiger partial charge on any atom is -0.507 e. The molecule has 0 bridgehead atoms. The number of piperidine rings is 1. The smallest absolute Gasteiger partial charge is 0.130 e. The van der Waals surface area contributed by atoms with Gasteiger partial charge in [-0.05, 0) is 36.9 Å². The van der Waals surface area contributed by atoms with Gasteiger partial charge in [-0.15, -0.1) is 0 Å². The van der Waals surface area contributed by atoms with Crippen molar-refractivity contribution in [2.45, 2.75) is 18.4 Å². The molecule has 2 aliphatic rings. The molecule has 0 aromatic heterocycles. The molecule has 0 aliphatic carbocycles.